The number of hydrogen-bond donors (Lipinski definition) is 3. The molecule has 0 saturated carbocycles. The lowest BCUT2D eigenvalue weighted by atomic mass is 10.0. The van der Waals surface area contributed by atoms with E-state index in [-0.39, 0.29) is 24.4 Å². The molecule has 1 fully saturated rings. The largest absolute Gasteiger partial charge is 0.341 e. The third-order valence-electron chi connectivity index (χ3n) is 4.55. The molecule has 2 heterocycles. The Morgan fingerprint density at radius 2 is 1.89 bits per heavy atom. The Morgan fingerprint density at radius 3 is 2.54 bits per heavy atom. The lowest BCUT2D eigenvalue weighted by Gasteiger charge is -2.33. The van der Waals surface area contributed by atoms with E-state index >= 15 is 0 Å². The molecule has 2 aromatic rings. The minimum Gasteiger partial charge on any atom is -0.341 e. The van der Waals surface area contributed by atoms with E-state index in [4.69, 9.17) is 17.3 Å². The fourth-order valence-electron chi connectivity index (χ4n) is 3.16. The second-order valence-electron chi connectivity index (χ2n) is 6.57. The predicted octanol–water partition coefficient (Wildman–Crippen LogP) is 3.11. The maximum absolute atomic E-state index is 12.3. The first-order valence-corrected chi connectivity index (χ1v) is 9.24. The molecule has 152 valence electrons. The summed E-state index contributed by atoms with van der Waals surface area (Å²) in [7, 11) is 0. The van der Waals surface area contributed by atoms with Crippen LogP contribution in [0.25, 0.3) is 0 Å². The second-order valence-corrected chi connectivity index (χ2v) is 6.97. The monoisotopic (exact) mass is 426 g/mol. The predicted molar refractivity (Wildman–Crippen MR) is 112 cm³/mol. The second kappa shape index (κ2) is 9.77. The van der Waals surface area contributed by atoms with Crippen LogP contribution in [0.2, 0.25) is 5.02 Å². The highest BCUT2D eigenvalue weighted by molar-refractivity contribution is 6.33. The number of carbonyl (C=O) groups excluding carboxylic acids is 2. The first kappa shape index (κ1) is 22.0. The van der Waals surface area contributed by atoms with Crippen molar-refractivity contribution in [3.05, 3.63) is 41.6 Å². The average molecular weight is 427 g/mol. The maximum atomic E-state index is 12.3. The van der Waals surface area contributed by atoms with Crippen LogP contribution in [0.5, 0.6) is 0 Å². The molecule has 0 spiro atoms. The van der Waals surface area contributed by atoms with Gasteiger partial charge in [0.2, 0.25) is 5.91 Å². The smallest absolute Gasteiger partial charge is 0.324 e. The summed E-state index contributed by atoms with van der Waals surface area (Å²) in [6, 6.07) is 7.99. The van der Waals surface area contributed by atoms with E-state index in [0.717, 1.165) is 12.8 Å². The first-order valence-electron chi connectivity index (χ1n) is 8.86. The number of amides is 3. The summed E-state index contributed by atoms with van der Waals surface area (Å²) in [5, 5.41) is 10.3. The normalized spacial score (nSPS) is 15.5. The summed E-state index contributed by atoms with van der Waals surface area (Å²) in [5.41, 5.74) is 6.21. The Hall–Kier alpha value is -2.29. The number of halogens is 2. The number of benzene rings is 1. The minimum absolute atomic E-state index is 0. The van der Waals surface area contributed by atoms with E-state index in [2.05, 4.69) is 15.7 Å². The van der Waals surface area contributed by atoms with Crippen LogP contribution in [0.15, 0.2) is 36.5 Å². The lowest BCUT2D eigenvalue weighted by molar-refractivity contribution is -0.133. The number of nitrogens with one attached hydrogen (secondary N) is 2. The van der Waals surface area contributed by atoms with E-state index in [0.29, 0.717) is 29.6 Å². The Balaban J connectivity index is 0.00000280. The van der Waals surface area contributed by atoms with Gasteiger partial charge in [0.15, 0.2) is 0 Å². The van der Waals surface area contributed by atoms with E-state index in [1.165, 1.54) is 0 Å². The molecule has 0 unspecified atom stereocenters. The quantitative estimate of drug-likeness (QED) is 0.697. The molecule has 1 aliphatic heterocycles. The van der Waals surface area contributed by atoms with Gasteiger partial charge in [-0.2, -0.15) is 5.10 Å². The van der Waals surface area contributed by atoms with Crippen LogP contribution >= 0.6 is 24.0 Å². The highest BCUT2D eigenvalue weighted by atomic mass is 35.5. The molecule has 0 radical (unpaired) electrons. The number of rotatable bonds is 4. The van der Waals surface area contributed by atoms with E-state index in [1.54, 1.807) is 53.0 Å². The summed E-state index contributed by atoms with van der Waals surface area (Å²) in [4.78, 5) is 26.1. The highest BCUT2D eigenvalue weighted by Crippen LogP contribution is 2.26. The molecule has 1 atom stereocenters. The van der Waals surface area contributed by atoms with Gasteiger partial charge in [0.25, 0.3) is 0 Å². The summed E-state index contributed by atoms with van der Waals surface area (Å²) < 4.78 is 1.79. The Kier molecular flexibility index (Phi) is 7.68. The van der Waals surface area contributed by atoms with Crippen molar-refractivity contribution in [1.82, 2.24) is 14.7 Å². The molecule has 1 saturated heterocycles. The molecule has 3 amide bonds. The average Bonchev–Trinajstić information content (AvgIpc) is 3.11. The van der Waals surface area contributed by atoms with Gasteiger partial charge in [-0.15, -0.1) is 12.4 Å². The zero-order chi connectivity index (χ0) is 19.4. The van der Waals surface area contributed by atoms with Crippen LogP contribution in [0.3, 0.4) is 0 Å². The van der Waals surface area contributed by atoms with Gasteiger partial charge in [-0.25, -0.2) is 9.48 Å². The molecule has 0 bridgehead atoms. The molecule has 3 rings (SSSR count). The van der Waals surface area contributed by atoms with Gasteiger partial charge in [-0.05, 0) is 31.9 Å². The van der Waals surface area contributed by atoms with Crippen molar-refractivity contribution < 1.29 is 9.59 Å². The van der Waals surface area contributed by atoms with Crippen LogP contribution in [-0.4, -0.2) is 45.8 Å². The van der Waals surface area contributed by atoms with Gasteiger partial charge in [-0.1, -0.05) is 23.7 Å². The summed E-state index contributed by atoms with van der Waals surface area (Å²) in [6.45, 7) is 2.94. The maximum Gasteiger partial charge on any atom is 0.324 e. The van der Waals surface area contributed by atoms with Crippen molar-refractivity contribution in [2.45, 2.75) is 31.8 Å². The molecule has 0 aliphatic carbocycles. The van der Waals surface area contributed by atoms with Gasteiger partial charge < -0.3 is 16.0 Å². The number of anilines is 2. The van der Waals surface area contributed by atoms with Crippen LogP contribution in [0, 0.1) is 0 Å². The van der Waals surface area contributed by atoms with Gasteiger partial charge >= 0.3 is 6.03 Å². The molecule has 1 aromatic carbocycles. The van der Waals surface area contributed by atoms with Crippen molar-refractivity contribution in [3.8, 4) is 0 Å². The zero-order valence-electron chi connectivity index (χ0n) is 15.5. The topological polar surface area (TPSA) is 105 Å². The zero-order valence-corrected chi connectivity index (χ0v) is 17.0. The van der Waals surface area contributed by atoms with E-state index in [1.807, 2.05) is 0 Å². The standard InChI is InChI=1S/C18H23ClN6O2.ClH/c1-12(20)17(26)24-10-7-13(8-11-24)25-16(6-9-21-25)23-18(27)22-15-5-3-2-4-14(15)19;/h2-6,9,12-13H,7-8,10-11,20H2,1H3,(H2,22,23,27);1H/t12-;/m0./s1. The van der Waals surface area contributed by atoms with Crippen molar-refractivity contribution in [3.63, 3.8) is 0 Å². The Morgan fingerprint density at radius 1 is 1.21 bits per heavy atom. The van der Waals surface area contributed by atoms with Gasteiger partial charge in [0.1, 0.15) is 5.82 Å². The summed E-state index contributed by atoms with van der Waals surface area (Å²) in [5.74, 6) is 0.558. The number of hydrogen-bond acceptors (Lipinski definition) is 4. The van der Waals surface area contributed by atoms with Crippen LogP contribution in [-0.2, 0) is 4.79 Å². The fourth-order valence-corrected chi connectivity index (χ4v) is 3.34. The number of aromatic nitrogens is 2. The van der Waals surface area contributed by atoms with Crippen molar-refractivity contribution in [2.24, 2.45) is 5.73 Å². The molecule has 8 nitrogen and oxygen atoms in total. The molecule has 1 aromatic heterocycles. The van der Waals surface area contributed by atoms with Crippen molar-refractivity contribution in [1.29, 1.82) is 0 Å². The summed E-state index contributed by atoms with van der Waals surface area (Å²) >= 11 is 6.06. The number of para-hydroxylation sites is 1. The van der Waals surface area contributed by atoms with Crippen molar-refractivity contribution >= 4 is 47.5 Å². The van der Waals surface area contributed by atoms with E-state index < -0.39 is 12.1 Å². The summed E-state index contributed by atoms with van der Waals surface area (Å²) in [6.07, 6.45) is 3.15. The third-order valence-corrected chi connectivity index (χ3v) is 4.88. The number of piperidine rings is 1. The number of urea groups is 1. The fraction of sp³-hybridized carbons (Fsp3) is 0.389. The van der Waals surface area contributed by atoms with Crippen LogP contribution in [0.1, 0.15) is 25.8 Å². The Bertz CT molecular complexity index is 818. The number of carbonyl (C=O) groups is 2. The third kappa shape index (κ3) is 5.15. The van der Waals surface area contributed by atoms with Gasteiger partial charge in [-0.3, -0.25) is 10.1 Å². The van der Waals surface area contributed by atoms with Gasteiger partial charge in [0, 0.05) is 19.2 Å². The lowest BCUT2D eigenvalue weighted by Crippen LogP contribution is -2.46. The molecule has 10 heteroatoms. The van der Waals surface area contributed by atoms with Crippen LogP contribution < -0.4 is 16.4 Å². The first-order chi connectivity index (χ1) is 13.0. The number of nitrogens with zero attached hydrogens (tertiary/aromatic N) is 3. The van der Waals surface area contributed by atoms with E-state index in [9.17, 15) is 9.59 Å². The Labute approximate surface area is 174 Å². The molecule has 4 N–H and O–H groups in total. The number of nitrogens with two attached hydrogens (primary N) is 1. The van der Waals surface area contributed by atoms with Gasteiger partial charge in [0.05, 0.1) is 29.0 Å². The highest BCUT2D eigenvalue weighted by Gasteiger charge is 2.27. The SMILES string of the molecule is C[C@H](N)C(=O)N1CCC(n2nccc2NC(=O)Nc2ccccc2Cl)CC1.Cl. The minimum atomic E-state index is -0.489. The molecule has 1 aliphatic rings. The molecular weight excluding hydrogens is 403 g/mol. The molecular formula is C18H24Cl2N6O2. The number of likely N-dealkylation sites (tertiary alicyclic amines) is 1. The van der Waals surface area contributed by atoms with Crippen LogP contribution in [0.4, 0.5) is 16.3 Å². The van der Waals surface area contributed by atoms with Crippen molar-refractivity contribution in [2.75, 3.05) is 23.7 Å². The molecule has 28 heavy (non-hydrogen) atoms.